The zero-order chi connectivity index (χ0) is 23.8. The second-order valence-corrected chi connectivity index (χ2v) is 9.87. The summed E-state index contributed by atoms with van der Waals surface area (Å²) in [4.78, 5) is 26.0. The first-order valence-electron chi connectivity index (χ1n) is 11.0. The van der Waals surface area contributed by atoms with Gasteiger partial charge in [-0.25, -0.2) is 0 Å². The molecule has 8 heteroatoms. The highest BCUT2D eigenvalue weighted by molar-refractivity contribution is 9.10. The fourth-order valence-electron chi connectivity index (χ4n) is 5.57. The SMILES string of the molecule is O=C(O)CC1CC2(CCN(C(=O)CCc3ccccc3C(F)(F)F)CC2)c2c(Br)cccc21. The number of fused-ring (bicyclic) bond motifs is 2. The summed E-state index contributed by atoms with van der Waals surface area (Å²) in [7, 11) is 0. The number of aliphatic carboxylic acids is 1. The Hall–Kier alpha value is -2.35. The number of hydrogen-bond acceptors (Lipinski definition) is 2. The van der Waals surface area contributed by atoms with Gasteiger partial charge in [-0.1, -0.05) is 46.3 Å². The van der Waals surface area contributed by atoms with Crippen LogP contribution in [0.25, 0.3) is 0 Å². The second-order valence-electron chi connectivity index (χ2n) is 9.02. The molecule has 2 aromatic carbocycles. The molecule has 4 nitrogen and oxygen atoms in total. The average Bonchev–Trinajstić information content (AvgIpc) is 3.05. The van der Waals surface area contributed by atoms with Crippen LogP contribution < -0.4 is 0 Å². The number of alkyl halides is 3. The van der Waals surface area contributed by atoms with E-state index in [1.165, 1.54) is 12.1 Å². The Bertz CT molecular complexity index is 1060. The number of rotatable bonds is 5. The first-order valence-corrected chi connectivity index (χ1v) is 11.8. The van der Waals surface area contributed by atoms with E-state index in [0.29, 0.717) is 25.9 Å². The Labute approximate surface area is 198 Å². The minimum Gasteiger partial charge on any atom is -0.481 e. The number of piperidine rings is 1. The summed E-state index contributed by atoms with van der Waals surface area (Å²) in [5, 5.41) is 9.36. The highest BCUT2D eigenvalue weighted by Gasteiger charge is 2.47. The van der Waals surface area contributed by atoms with Crippen molar-refractivity contribution in [2.24, 2.45) is 0 Å². The van der Waals surface area contributed by atoms with Gasteiger partial charge < -0.3 is 10.0 Å². The van der Waals surface area contributed by atoms with Crippen molar-refractivity contribution in [3.63, 3.8) is 0 Å². The maximum Gasteiger partial charge on any atom is 0.416 e. The van der Waals surface area contributed by atoms with Crippen molar-refractivity contribution in [1.29, 1.82) is 0 Å². The number of carboxylic acids is 1. The lowest BCUT2D eigenvalue weighted by Crippen LogP contribution is -2.44. The van der Waals surface area contributed by atoms with E-state index in [9.17, 15) is 27.9 Å². The summed E-state index contributed by atoms with van der Waals surface area (Å²) in [6.45, 7) is 1.03. The summed E-state index contributed by atoms with van der Waals surface area (Å²) in [5.74, 6) is -1.03. The highest BCUT2D eigenvalue weighted by Crippen LogP contribution is 2.55. The van der Waals surface area contributed by atoms with Gasteiger partial charge in [-0.15, -0.1) is 0 Å². The molecule has 0 saturated carbocycles. The van der Waals surface area contributed by atoms with Crippen LogP contribution in [-0.4, -0.2) is 35.0 Å². The molecule has 2 aliphatic rings. The quantitative estimate of drug-likeness (QED) is 0.528. The largest absolute Gasteiger partial charge is 0.481 e. The number of carbonyl (C=O) groups excluding carboxylic acids is 1. The van der Waals surface area contributed by atoms with Crippen LogP contribution in [0.5, 0.6) is 0 Å². The minimum absolute atomic E-state index is 0.0298. The minimum atomic E-state index is -4.44. The number of aryl methyl sites for hydroxylation is 1. The van der Waals surface area contributed by atoms with Crippen LogP contribution in [0.2, 0.25) is 0 Å². The van der Waals surface area contributed by atoms with Crippen LogP contribution in [0, 0.1) is 0 Å². The number of benzene rings is 2. The molecule has 1 atom stereocenters. The molecule has 1 aliphatic heterocycles. The summed E-state index contributed by atoms with van der Waals surface area (Å²) in [5.41, 5.74) is 1.48. The predicted molar refractivity (Wildman–Crippen MR) is 121 cm³/mol. The molecular weight excluding hydrogens is 499 g/mol. The molecule has 1 spiro atoms. The van der Waals surface area contributed by atoms with Gasteiger partial charge in [0.2, 0.25) is 5.91 Å². The van der Waals surface area contributed by atoms with E-state index in [0.717, 1.165) is 28.1 Å². The maximum absolute atomic E-state index is 13.2. The van der Waals surface area contributed by atoms with Gasteiger partial charge in [-0.2, -0.15) is 13.2 Å². The molecule has 176 valence electrons. The van der Waals surface area contributed by atoms with Crippen LogP contribution in [0.4, 0.5) is 13.2 Å². The van der Waals surface area contributed by atoms with Crippen LogP contribution >= 0.6 is 15.9 Å². The smallest absolute Gasteiger partial charge is 0.416 e. The molecule has 1 N–H and O–H groups in total. The van der Waals surface area contributed by atoms with Gasteiger partial charge in [0.15, 0.2) is 0 Å². The van der Waals surface area contributed by atoms with E-state index < -0.39 is 17.7 Å². The summed E-state index contributed by atoms with van der Waals surface area (Å²) >= 11 is 3.65. The third-order valence-corrected chi connectivity index (χ3v) is 7.74. The van der Waals surface area contributed by atoms with Gasteiger partial charge in [0.05, 0.1) is 12.0 Å². The number of carboxylic acid groups (broad SMARTS) is 1. The van der Waals surface area contributed by atoms with Gasteiger partial charge in [-0.05, 0) is 60.4 Å². The molecule has 33 heavy (non-hydrogen) atoms. The third-order valence-electron chi connectivity index (χ3n) is 7.08. The van der Waals surface area contributed by atoms with Crippen molar-refractivity contribution in [2.75, 3.05) is 13.1 Å². The zero-order valence-electron chi connectivity index (χ0n) is 18.0. The summed E-state index contributed by atoms with van der Waals surface area (Å²) in [6, 6.07) is 11.3. The van der Waals surface area contributed by atoms with E-state index >= 15 is 0 Å². The molecule has 2 aromatic rings. The van der Waals surface area contributed by atoms with E-state index in [2.05, 4.69) is 15.9 Å². The molecule has 1 heterocycles. The molecule has 1 fully saturated rings. The standard InChI is InChI=1S/C25H25BrF3NO3/c26-20-7-3-5-18-17(14-22(32)33)15-24(23(18)20)10-12-30(13-11-24)21(31)9-8-16-4-1-2-6-19(16)25(27,28)29/h1-7,17H,8-15H2,(H,32,33). The van der Waals surface area contributed by atoms with Gasteiger partial charge in [0.1, 0.15) is 0 Å². The van der Waals surface area contributed by atoms with Crippen molar-refractivity contribution < 1.29 is 27.9 Å². The van der Waals surface area contributed by atoms with Crippen LogP contribution in [0.3, 0.4) is 0 Å². The molecule has 1 amide bonds. The average molecular weight is 524 g/mol. The number of halogens is 4. The summed E-state index contributed by atoms with van der Waals surface area (Å²) < 4.78 is 40.6. The normalized spacial score (nSPS) is 19.5. The molecular formula is C25H25BrF3NO3. The van der Waals surface area contributed by atoms with Crippen molar-refractivity contribution >= 4 is 27.8 Å². The molecule has 1 aliphatic carbocycles. The first kappa shape index (κ1) is 23.8. The molecule has 0 aromatic heterocycles. The predicted octanol–water partition coefficient (Wildman–Crippen LogP) is 5.92. The van der Waals surface area contributed by atoms with E-state index in [1.54, 1.807) is 11.0 Å². The third kappa shape index (κ3) is 4.81. The van der Waals surface area contributed by atoms with Crippen molar-refractivity contribution in [3.8, 4) is 0 Å². The van der Waals surface area contributed by atoms with Gasteiger partial charge in [0.25, 0.3) is 0 Å². The van der Waals surface area contributed by atoms with E-state index in [4.69, 9.17) is 0 Å². The highest BCUT2D eigenvalue weighted by atomic mass is 79.9. The second kappa shape index (κ2) is 9.12. The number of carbonyl (C=O) groups is 2. The molecule has 0 radical (unpaired) electrons. The number of likely N-dealkylation sites (tertiary alicyclic amines) is 1. The Morgan fingerprint density at radius 2 is 1.79 bits per heavy atom. The molecule has 1 unspecified atom stereocenters. The van der Waals surface area contributed by atoms with Crippen molar-refractivity contribution in [2.45, 2.75) is 56.0 Å². The number of amides is 1. The van der Waals surface area contributed by atoms with Crippen molar-refractivity contribution in [3.05, 3.63) is 69.2 Å². The van der Waals surface area contributed by atoms with Crippen LogP contribution in [-0.2, 0) is 27.6 Å². The van der Waals surface area contributed by atoms with E-state index in [1.807, 2.05) is 18.2 Å². The van der Waals surface area contributed by atoms with Crippen molar-refractivity contribution in [1.82, 2.24) is 4.90 Å². The molecule has 1 saturated heterocycles. The summed E-state index contributed by atoms with van der Waals surface area (Å²) in [6.07, 6.45) is -2.13. The molecule has 0 bridgehead atoms. The lowest BCUT2D eigenvalue weighted by atomic mass is 9.73. The fraction of sp³-hybridized carbons (Fsp3) is 0.440. The lowest BCUT2D eigenvalue weighted by molar-refractivity contribution is -0.139. The van der Waals surface area contributed by atoms with E-state index in [-0.39, 0.29) is 42.1 Å². The molecule has 4 rings (SSSR count). The Balaban J connectivity index is 1.43. The van der Waals surface area contributed by atoms with Gasteiger partial charge >= 0.3 is 12.1 Å². The topological polar surface area (TPSA) is 57.6 Å². The maximum atomic E-state index is 13.2. The van der Waals surface area contributed by atoms with Gasteiger partial charge in [-0.3, -0.25) is 9.59 Å². The fourth-order valence-corrected chi connectivity index (χ4v) is 6.37. The first-order chi connectivity index (χ1) is 15.6. The number of hydrogen-bond donors (Lipinski definition) is 1. The van der Waals surface area contributed by atoms with Gasteiger partial charge in [0, 0.05) is 29.4 Å². The monoisotopic (exact) mass is 523 g/mol. The lowest BCUT2D eigenvalue weighted by Gasteiger charge is -2.41. The number of nitrogens with zero attached hydrogens (tertiary/aromatic N) is 1. The Morgan fingerprint density at radius 1 is 1.09 bits per heavy atom. The van der Waals surface area contributed by atoms with Crippen LogP contribution in [0.1, 0.15) is 60.3 Å². The Morgan fingerprint density at radius 3 is 2.45 bits per heavy atom. The van der Waals surface area contributed by atoms with Crippen LogP contribution in [0.15, 0.2) is 46.9 Å². The Kier molecular flexibility index (Phi) is 6.58. The zero-order valence-corrected chi connectivity index (χ0v) is 19.6.